The van der Waals surface area contributed by atoms with E-state index in [2.05, 4.69) is 11.0 Å². The van der Waals surface area contributed by atoms with E-state index in [1.807, 2.05) is 30.3 Å². The Balaban J connectivity index is 1.39. The molecule has 1 heterocycles. The molecule has 0 bridgehead atoms. The molecule has 0 aromatic heterocycles. The Morgan fingerprint density at radius 1 is 0.963 bits per heavy atom. The third-order valence-electron chi connectivity index (χ3n) is 5.47. The fourth-order valence-corrected chi connectivity index (χ4v) is 3.80. The van der Waals surface area contributed by atoms with Crippen molar-refractivity contribution < 1.29 is 13.5 Å². The van der Waals surface area contributed by atoms with E-state index in [0.717, 1.165) is 50.6 Å². The SMILES string of the molecule is FCCOc1ccccc1CCC1CCN(CCc2ccc(F)cc2)CC1. The standard InChI is InChI=1S/C23H29F2NO/c24-14-18-27-23-4-2-1-3-21(23)8-5-20-12-16-26(17-13-20)15-11-19-6-9-22(25)10-7-19/h1-4,6-7,9-10,20H,5,8,11-18H2. The largest absolute Gasteiger partial charge is 0.491 e. The molecule has 27 heavy (non-hydrogen) atoms. The fraction of sp³-hybridized carbons (Fsp3) is 0.478. The maximum Gasteiger partial charge on any atom is 0.123 e. The number of piperidine rings is 1. The van der Waals surface area contributed by atoms with Crippen LogP contribution in [-0.2, 0) is 12.8 Å². The Morgan fingerprint density at radius 3 is 2.44 bits per heavy atom. The van der Waals surface area contributed by atoms with Gasteiger partial charge in [0.1, 0.15) is 24.8 Å². The van der Waals surface area contributed by atoms with Crippen molar-refractivity contribution >= 4 is 0 Å². The highest BCUT2D eigenvalue weighted by Gasteiger charge is 2.19. The fourth-order valence-electron chi connectivity index (χ4n) is 3.80. The molecule has 1 aliphatic heterocycles. The van der Waals surface area contributed by atoms with Gasteiger partial charge in [0.15, 0.2) is 0 Å². The average molecular weight is 373 g/mol. The first kappa shape index (κ1) is 19.8. The molecule has 0 saturated carbocycles. The first-order valence-corrected chi connectivity index (χ1v) is 9.98. The van der Waals surface area contributed by atoms with Crippen molar-refractivity contribution in [3.63, 3.8) is 0 Å². The lowest BCUT2D eigenvalue weighted by Crippen LogP contribution is -2.35. The second-order valence-corrected chi connectivity index (χ2v) is 7.35. The number of ether oxygens (including phenoxy) is 1. The average Bonchev–Trinajstić information content (AvgIpc) is 2.71. The predicted molar refractivity (Wildman–Crippen MR) is 106 cm³/mol. The monoisotopic (exact) mass is 373 g/mol. The number of aryl methyl sites for hydroxylation is 1. The van der Waals surface area contributed by atoms with E-state index >= 15 is 0 Å². The topological polar surface area (TPSA) is 12.5 Å². The number of nitrogens with zero attached hydrogens (tertiary/aromatic N) is 1. The smallest absolute Gasteiger partial charge is 0.123 e. The van der Waals surface area contributed by atoms with Crippen LogP contribution < -0.4 is 4.74 Å². The van der Waals surface area contributed by atoms with Gasteiger partial charge in [0.2, 0.25) is 0 Å². The summed E-state index contributed by atoms with van der Waals surface area (Å²) in [6.45, 7) is 2.98. The molecule has 2 aromatic carbocycles. The molecule has 1 aliphatic rings. The minimum Gasteiger partial charge on any atom is -0.491 e. The number of likely N-dealkylation sites (tertiary alicyclic amines) is 1. The molecule has 2 nitrogen and oxygen atoms in total. The normalized spacial score (nSPS) is 15.8. The maximum absolute atomic E-state index is 13.0. The van der Waals surface area contributed by atoms with E-state index in [4.69, 9.17) is 4.74 Å². The molecule has 0 aliphatic carbocycles. The van der Waals surface area contributed by atoms with Gasteiger partial charge < -0.3 is 9.64 Å². The van der Waals surface area contributed by atoms with Gasteiger partial charge in [0, 0.05) is 6.54 Å². The Hall–Kier alpha value is -1.94. The zero-order valence-electron chi connectivity index (χ0n) is 15.9. The molecule has 3 rings (SSSR count). The van der Waals surface area contributed by atoms with Crippen LogP contribution in [0.25, 0.3) is 0 Å². The van der Waals surface area contributed by atoms with Crippen LogP contribution >= 0.6 is 0 Å². The molecule has 2 aromatic rings. The highest BCUT2D eigenvalue weighted by atomic mass is 19.1. The van der Waals surface area contributed by atoms with Crippen LogP contribution in [0.15, 0.2) is 48.5 Å². The van der Waals surface area contributed by atoms with Crippen molar-refractivity contribution in [2.45, 2.75) is 32.1 Å². The second-order valence-electron chi connectivity index (χ2n) is 7.35. The van der Waals surface area contributed by atoms with Gasteiger partial charge in [0.25, 0.3) is 0 Å². The molecule has 4 heteroatoms. The Bertz CT molecular complexity index is 681. The van der Waals surface area contributed by atoms with Crippen molar-refractivity contribution in [2.75, 3.05) is 32.9 Å². The number of hydrogen-bond acceptors (Lipinski definition) is 2. The van der Waals surface area contributed by atoms with Gasteiger partial charge in [0.05, 0.1) is 0 Å². The summed E-state index contributed by atoms with van der Waals surface area (Å²) in [4.78, 5) is 2.51. The Morgan fingerprint density at radius 2 is 1.70 bits per heavy atom. The summed E-state index contributed by atoms with van der Waals surface area (Å²) in [7, 11) is 0. The van der Waals surface area contributed by atoms with E-state index in [-0.39, 0.29) is 12.4 Å². The van der Waals surface area contributed by atoms with E-state index in [9.17, 15) is 8.78 Å². The lowest BCUT2D eigenvalue weighted by atomic mass is 9.90. The third-order valence-corrected chi connectivity index (χ3v) is 5.47. The summed E-state index contributed by atoms with van der Waals surface area (Å²) in [5.74, 6) is 1.39. The van der Waals surface area contributed by atoms with E-state index < -0.39 is 6.67 Å². The summed E-state index contributed by atoms with van der Waals surface area (Å²) < 4.78 is 30.9. The van der Waals surface area contributed by atoms with E-state index in [0.29, 0.717) is 0 Å². The molecular weight excluding hydrogens is 344 g/mol. The minimum absolute atomic E-state index is 0.128. The van der Waals surface area contributed by atoms with Crippen LogP contribution in [0.5, 0.6) is 5.75 Å². The van der Waals surface area contributed by atoms with Gasteiger partial charge in [-0.3, -0.25) is 0 Å². The van der Waals surface area contributed by atoms with Crippen molar-refractivity contribution in [3.8, 4) is 5.75 Å². The molecule has 1 fully saturated rings. The van der Waals surface area contributed by atoms with Crippen LogP contribution in [0.3, 0.4) is 0 Å². The van der Waals surface area contributed by atoms with Crippen molar-refractivity contribution in [3.05, 3.63) is 65.5 Å². The molecule has 0 atom stereocenters. The summed E-state index contributed by atoms with van der Waals surface area (Å²) in [6, 6.07) is 14.8. The van der Waals surface area contributed by atoms with Crippen LogP contribution in [-0.4, -0.2) is 37.8 Å². The minimum atomic E-state index is -0.454. The number of halogens is 2. The molecule has 0 spiro atoms. The summed E-state index contributed by atoms with van der Waals surface area (Å²) >= 11 is 0. The quantitative estimate of drug-likeness (QED) is 0.609. The van der Waals surface area contributed by atoms with Crippen LogP contribution in [0.4, 0.5) is 8.78 Å². The van der Waals surface area contributed by atoms with Crippen molar-refractivity contribution in [1.82, 2.24) is 4.90 Å². The first-order chi connectivity index (χ1) is 13.2. The maximum atomic E-state index is 13.0. The van der Waals surface area contributed by atoms with Gasteiger partial charge >= 0.3 is 0 Å². The number of para-hydroxylation sites is 1. The molecule has 0 N–H and O–H groups in total. The summed E-state index contributed by atoms with van der Waals surface area (Å²) in [5.41, 5.74) is 2.38. The second kappa shape index (κ2) is 10.4. The lowest BCUT2D eigenvalue weighted by molar-refractivity contribution is 0.180. The molecule has 0 unspecified atom stereocenters. The van der Waals surface area contributed by atoms with Gasteiger partial charge in [-0.2, -0.15) is 0 Å². The summed E-state index contributed by atoms with van der Waals surface area (Å²) in [5, 5.41) is 0. The number of alkyl halides is 1. The highest BCUT2D eigenvalue weighted by Crippen LogP contribution is 2.26. The molecule has 146 valence electrons. The Kier molecular flexibility index (Phi) is 7.64. The van der Waals surface area contributed by atoms with Gasteiger partial charge in [-0.1, -0.05) is 30.3 Å². The van der Waals surface area contributed by atoms with E-state index in [1.165, 1.54) is 36.1 Å². The Labute approximate surface area is 161 Å². The number of rotatable bonds is 9. The zero-order chi connectivity index (χ0) is 18.9. The predicted octanol–water partition coefficient (Wildman–Crippen LogP) is 5.06. The molecule has 1 saturated heterocycles. The van der Waals surface area contributed by atoms with Crippen LogP contribution in [0.1, 0.15) is 30.4 Å². The third kappa shape index (κ3) is 6.31. The van der Waals surface area contributed by atoms with Gasteiger partial charge in [-0.15, -0.1) is 0 Å². The number of hydrogen-bond donors (Lipinski definition) is 0. The summed E-state index contributed by atoms with van der Waals surface area (Å²) in [6.07, 6.45) is 5.56. The van der Waals surface area contributed by atoms with Crippen LogP contribution in [0.2, 0.25) is 0 Å². The highest BCUT2D eigenvalue weighted by molar-refractivity contribution is 5.33. The van der Waals surface area contributed by atoms with Crippen molar-refractivity contribution in [2.24, 2.45) is 5.92 Å². The molecular formula is C23H29F2NO. The first-order valence-electron chi connectivity index (χ1n) is 9.98. The van der Waals surface area contributed by atoms with Gasteiger partial charge in [-0.25, -0.2) is 8.78 Å². The lowest BCUT2D eigenvalue weighted by Gasteiger charge is -2.32. The number of benzene rings is 2. The molecule has 0 amide bonds. The molecule has 0 radical (unpaired) electrons. The van der Waals surface area contributed by atoms with Gasteiger partial charge in [-0.05, 0) is 80.4 Å². The van der Waals surface area contributed by atoms with Crippen LogP contribution in [0, 0.1) is 11.7 Å². The zero-order valence-corrected chi connectivity index (χ0v) is 15.9. The van der Waals surface area contributed by atoms with Crippen molar-refractivity contribution in [1.29, 1.82) is 0 Å². The van der Waals surface area contributed by atoms with E-state index in [1.54, 1.807) is 0 Å².